The Morgan fingerprint density at radius 2 is 1.62 bits per heavy atom. The van der Waals surface area contributed by atoms with Crippen LogP contribution in [0.2, 0.25) is 0 Å². The molecule has 0 aliphatic heterocycles. The lowest BCUT2D eigenvalue weighted by molar-refractivity contribution is -0.141. The van der Waals surface area contributed by atoms with Crippen LogP contribution in [0, 0.1) is 19.8 Å². The highest BCUT2D eigenvalue weighted by Crippen LogP contribution is 2.01. The van der Waals surface area contributed by atoms with Gasteiger partial charge in [-0.1, -0.05) is 49.2 Å². The average molecular weight is 455 g/mol. The van der Waals surface area contributed by atoms with Crippen molar-refractivity contribution < 1.29 is 24.3 Å². The minimum atomic E-state index is -1.21. The minimum absolute atomic E-state index is 0.0334. The molecule has 2 amide bonds. The molecule has 1 rings (SSSR count). The van der Waals surface area contributed by atoms with Crippen molar-refractivity contribution in [1.82, 2.24) is 10.6 Å². The Morgan fingerprint density at radius 3 is 1.91 bits per heavy atom. The number of hydrogen-bond acceptors (Lipinski definition) is 6. The van der Waals surface area contributed by atoms with E-state index in [0.29, 0.717) is 18.7 Å². The Kier molecular flexibility index (Phi) is 24.2. The van der Waals surface area contributed by atoms with Crippen LogP contribution in [0.25, 0.3) is 0 Å². The van der Waals surface area contributed by atoms with Crippen LogP contribution in [0.4, 0.5) is 0 Å². The van der Waals surface area contributed by atoms with E-state index in [4.69, 9.17) is 10.8 Å². The zero-order valence-corrected chi connectivity index (χ0v) is 20.3. The zero-order valence-electron chi connectivity index (χ0n) is 20.3. The van der Waals surface area contributed by atoms with Gasteiger partial charge in [0.25, 0.3) is 0 Å². The second-order valence-corrected chi connectivity index (χ2v) is 7.47. The van der Waals surface area contributed by atoms with Crippen LogP contribution in [0.1, 0.15) is 51.2 Å². The summed E-state index contributed by atoms with van der Waals surface area (Å²) >= 11 is 0. The highest BCUT2D eigenvalue weighted by Gasteiger charge is 2.18. The fraction of sp³-hybridized carbons (Fsp3) is 0.565. The number of nitrogens with one attached hydrogen (secondary N) is 2. The van der Waals surface area contributed by atoms with E-state index in [9.17, 15) is 19.2 Å². The smallest absolute Gasteiger partial charge is 0.326 e. The molecule has 2 atom stereocenters. The molecule has 2 unspecified atom stereocenters. The molecule has 0 aromatic heterocycles. The summed E-state index contributed by atoms with van der Waals surface area (Å²) in [5.74, 6) is -1.07. The molecular formula is C23H42N4O5. The zero-order chi connectivity index (χ0) is 25.5. The summed E-state index contributed by atoms with van der Waals surface area (Å²) in [7, 11) is 1.50. The molecule has 0 fully saturated rings. The molecule has 184 valence electrons. The second kappa shape index (κ2) is 22.9. The van der Waals surface area contributed by atoms with E-state index in [0.717, 1.165) is 12.3 Å². The normalized spacial score (nSPS) is 11.0. The van der Waals surface area contributed by atoms with E-state index in [-0.39, 0.29) is 19.4 Å². The maximum Gasteiger partial charge on any atom is 0.326 e. The van der Waals surface area contributed by atoms with Gasteiger partial charge in [0, 0.05) is 12.5 Å². The molecule has 0 saturated carbocycles. The molecule has 1 aromatic rings. The van der Waals surface area contributed by atoms with Crippen LogP contribution in [-0.4, -0.2) is 55.4 Å². The minimum Gasteiger partial charge on any atom is -0.480 e. The topological polar surface area (TPSA) is 165 Å². The fourth-order valence-corrected chi connectivity index (χ4v) is 2.42. The first kappa shape index (κ1) is 33.8. The van der Waals surface area contributed by atoms with Crippen LogP contribution >= 0.6 is 0 Å². The van der Waals surface area contributed by atoms with Crippen molar-refractivity contribution in [2.75, 3.05) is 13.6 Å². The lowest BCUT2D eigenvalue weighted by Gasteiger charge is -2.12. The van der Waals surface area contributed by atoms with Crippen LogP contribution < -0.4 is 22.1 Å². The molecule has 0 bridgehead atoms. The molecular weight excluding hydrogens is 412 g/mol. The largest absolute Gasteiger partial charge is 0.480 e. The molecule has 7 N–H and O–H groups in total. The molecule has 0 saturated heterocycles. The van der Waals surface area contributed by atoms with Gasteiger partial charge < -0.3 is 32.0 Å². The number of amides is 2. The van der Waals surface area contributed by atoms with Crippen molar-refractivity contribution in [2.45, 2.75) is 66.0 Å². The van der Waals surface area contributed by atoms with Gasteiger partial charge >= 0.3 is 5.97 Å². The number of carbonyl (C=O) groups excluding carboxylic acids is 3. The van der Waals surface area contributed by atoms with E-state index >= 15 is 0 Å². The third-order valence-corrected chi connectivity index (χ3v) is 3.57. The molecule has 0 aliphatic rings. The van der Waals surface area contributed by atoms with Gasteiger partial charge in [0.2, 0.25) is 12.3 Å². The molecule has 9 nitrogen and oxygen atoms in total. The molecule has 32 heavy (non-hydrogen) atoms. The molecule has 0 spiro atoms. The van der Waals surface area contributed by atoms with Gasteiger partial charge in [-0.15, -0.1) is 0 Å². The summed E-state index contributed by atoms with van der Waals surface area (Å²) in [6, 6.07) is 7.72. The van der Waals surface area contributed by atoms with Gasteiger partial charge in [-0.3, -0.25) is 9.59 Å². The van der Waals surface area contributed by atoms with Crippen molar-refractivity contribution >= 4 is 24.6 Å². The molecule has 0 aliphatic carbocycles. The number of carbonyl (C=O) groups is 4. The molecule has 1 aromatic carbocycles. The molecule has 9 heteroatoms. The van der Waals surface area contributed by atoms with E-state index < -0.39 is 17.9 Å². The SMILES string of the molecule is CC(C)CC(C)N.CN.Cc1cccc(C)c1.O=CCCC(NC(=O)CNC=O)C(=O)O. The Morgan fingerprint density at radius 1 is 1.09 bits per heavy atom. The quantitative estimate of drug-likeness (QED) is 0.334. The third kappa shape index (κ3) is 25.3. The number of aliphatic carboxylic acids is 1. The first-order chi connectivity index (χ1) is 15.0. The Hall–Kier alpha value is -2.78. The van der Waals surface area contributed by atoms with E-state index in [1.807, 2.05) is 6.92 Å². The standard InChI is InChI=1S/C8H12N2O5.C8H10.C6H15N.CH5N/c11-3-1-2-6(8(14)15)10-7(13)4-9-5-12;1-7-4-3-5-8(2)6-7;1-5(2)4-6(3)7;1-2/h3,5-6H,1-2,4H2,(H,9,12)(H,10,13)(H,14,15);3-6H,1-2H3;5-6H,4,7H2,1-3H3;2H2,1H3. The van der Waals surface area contributed by atoms with Crippen molar-refractivity contribution in [1.29, 1.82) is 0 Å². The highest BCUT2D eigenvalue weighted by atomic mass is 16.4. The number of nitrogens with two attached hydrogens (primary N) is 2. The number of benzene rings is 1. The summed E-state index contributed by atoms with van der Waals surface area (Å²) in [5.41, 5.74) is 12.7. The van der Waals surface area contributed by atoms with Crippen molar-refractivity contribution in [3.05, 3.63) is 35.4 Å². The summed E-state index contributed by atoms with van der Waals surface area (Å²) in [4.78, 5) is 41.5. The first-order valence-corrected chi connectivity index (χ1v) is 10.5. The van der Waals surface area contributed by atoms with Gasteiger partial charge in [-0.25, -0.2) is 4.79 Å². The molecule has 0 heterocycles. The number of carboxylic acid groups (broad SMARTS) is 1. The second-order valence-electron chi connectivity index (χ2n) is 7.47. The van der Waals surface area contributed by atoms with Crippen LogP contribution in [-0.2, 0) is 19.2 Å². The number of rotatable bonds is 10. The number of carboxylic acids is 1. The maximum atomic E-state index is 11.0. The third-order valence-electron chi connectivity index (χ3n) is 3.57. The van der Waals surface area contributed by atoms with Gasteiger partial charge in [0.05, 0.1) is 6.54 Å². The monoisotopic (exact) mass is 454 g/mol. The van der Waals surface area contributed by atoms with E-state index in [2.05, 4.69) is 68.3 Å². The number of aryl methyl sites for hydroxylation is 2. The van der Waals surface area contributed by atoms with Gasteiger partial charge in [0.1, 0.15) is 12.3 Å². The van der Waals surface area contributed by atoms with Crippen LogP contribution in [0.3, 0.4) is 0 Å². The summed E-state index contributed by atoms with van der Waals surface area (Å²) in [6.07, 6.45) is 2.14. The lowest BCUT2D eigenvalue weighted by Crippen LogP contribution is -2.44. The van der Waals surface area contributed by atoms with Crippen molar-refractivity contribution in [3.8, 4) is 0 Å². The Balaban J connectivity index is -0.000000415. The summed E-state index contributed by atoms with van der Waals surface area (Å²) in [6.45, 7) is 10.3. The number of hydrogen-bond donors (Lipinski definition) is 5. The van der Waals surface area contributed by atoms with Crippen molar-refractivity contribution in [3.63, 3.8) is 0 Å². The van der Waals surface area contributed by atoms with Gasteiger partial charge in [-0.2, -0.15) is 0 Å². The average Bonchev–Trinajstić information content (AvgIpc) is 2.70. The number of aldehydes is 1. The summed E-state index contributed by atoms with van der Waals surface area (Å²) < 4.78 is 0. The lowest BCUT2D eigenvalue weighted by atomic mass is 10.1. The van der Waals surface area contributed by atoms with Gasteiger partial charge in [-0.05, 0) is 46.6 Å². The van der Waals surface area contributed by atoms with E-state index in [1.165, 1.54) is 18.2 Å². The van der Waals surface area contributed by atoms with Gasteiger partial charge in [0.15, 0.2) is 0 Å². The van der Waals surface area contributed by atoms with Crippen LogP contribution in [0.5, 0.6) is 0 Å². The van der Waals surface area contributed by atoms with E-state index in [1.54, 1.807) is 0 Å². The fourth-order valence-electron chi connectivity index (χ4n) is 2.42. The predicted octanol–water partition coefficient (Wildman–Crippen LogP) is 1.54. The Labute approximate surface area is 192 Å². The van der Waals surface area contributed by atoms with Crippen molar-refractivity contribution in [2.24, 2.45) is 17.4 Å². The van der Waals surface area contributed by atoms with Crippen LogP contribution in [0.15, 0.2) is 24.3 Å². The molecule has 0 radical (unpaired) electrons. The summed E-state index contributed by atoms with van der Waals surface area (Å²) in [5, 5.41) is 12.9. The Bertz CT molecular complexity index is 613. The first-order valence-electron chi connectivity index (χ1n) is 10.5. The highest BCUT2D eigenvalue weighted by molar-refractivity contribution is 5.85. The predicted molar refractivity (Wildman–Crippen MR) is 128 cm³/mol. The maximum absolute atomic E-state index is 11.0.